The standard InChI is InChI=1S/C16H28BrNO3S2/c1-4-5-6-7-13(10-12(2)3)14(11-19)18-23(20,21)16-9-8-15(17)22-16/h8-9,12-14,18-19H,4-7,10-11H2,1-3H3/t13-,14-/m0/s1. The summed E-state index contributed by atoms with van der Waals surface area (Å²) in [4.78, 5) is 0. The van der Waals surface area contributed by atoms with E-state index in [2.05, 4.69) is 41.4 Å². The number of hydrogen-bond acceptors (Lipinski definition) is 4. The zero-order valence-electron chi connectivity index (χ0n) is 14.1. The molecular formula is C16H28BrNO3S2. The average molecular weight is 426 g/mol. The maximum absolute atomic E-state index is 12.5. The van der Waals surface area contributed by atoms with Gasteiger partial charge in [0.2, 0.25) is 10.0 Å². The van der Waals surface area contributed by atoms with Gasteiger partial charge in [-0.2, -0.15) is 0 Å². The topological polar surface area (TPSA) is 66.4 Å². The fourth-order valence-corrected chi connectivity index (χ4v) is 6.05. The van der Waals surface area contributed by atoms with E-state index in [0.29, 0.717) is 5.92 Å². The molecule has 2 N–H and O–H groups in total. The molecule has 7 heteroatoms. The van der Waals surface area contributed by atoms with Gasteiger partial charge in [-0.1, -0.05) is 40.0 Å². The van der Waals surface area contributed by atoms with Crippen LogP contribution in [0, 0.1) is 11.8 Å². The van der Waals surface area contributed by atoms with Gasteiger partial charge in [0.1, 0.15) is 4.21 Å². The summed E-state index contributed by atoms with van der Waals surface area (Å²) in [5.41, 5.74) is 0. The average Bonchev–Trinajstić information content (AvgIpc) is 2.91. The number of unbranched alkanes of at least 4 members (excludes halogenated alkanes) is 2. The van der Waals surface area contributed by atoms with Crippen LogP contribution >= 0.6 is 27.3 Å². The number of nitrogens with one attached hydrogen (secondary N) is 1. The van der Waals surface area contributed by atoms with Crippen molar-refractivity contribution in [3.05, 3.63) is 15.9 Å². The van der Waals surface area contributed by atoms with Gasteiger partial charge >= 0.3 is 0 Å². The highest BCUT2D eigenvalue weighted by atomic mass is 79.9. The van der Waals surface area contributed by atoms with Gasteiger partial charge in [-0.15, -0.1) is 11.3 Å². The molecule has 1 rings (SSSR count). The van der Waals surface area contributed by atoms with Gasteiger partial charge in [-0.25, -0.2) is 13.1 Å². The second kappa shape index (κ2) is 10.1. The monoisotopic (exact) mass is 425 g/mol. The van der Waals surface area contributed by atoms with E-state index in [1.807, 2.05) is 0 Å². The Morgan fingerprint density at radius 1 is 1.30 bits per heavy atom. The van der Waals surface area contributed by atoms with Crippen LogP contribution in [0.1, 0.15) is 52.9 Å². The van der Waals surface area contributed by atoms with E-state index in [4.69, 9.17) is 0 Å². The molecule has 0 aliphatic heterocycles. The summed E-state index contributed by atoms with van der Waals surface area (Å²) in [6.45, 7) is 6.24. The summed E-state index contributed by atoms with van der Waals surface area (Å²) in [5, 5.41) is 9.75. The Bertz CT molecular complexity index is 557. The van der Waals surface area contributed by atoms with Crippen LogP contribution in [0.25, 0.3) is 0 Å². The van der Waals surface area contributed by atoms with Crippen LogP contribution in [0.4, 0.5) is 0 Å². The van der Waals surface area contributed by atoms with Crippen LogP contribution in [0.5, 0.6) is 0 Å². The van der Waals surface area contributed by atoms with Crippen LogP contribution in [-0.2, 0) is 10.0 Å². The molecule has 134 valence electrons. The Morgan fingerprint density at radius 2 is 2.00 bits per heavy atom. The van der Waals surface area contributed by atoms with Crippen LogP contribution < -0.4 is 4.72 Å². The molecule has 0 saturated carbocycles. The van der Waals surface area contributed by atoms with Crippen molar-refractivity contribution in [3.8, 4) is 0 Å². The van der Waals surface area contributed by atoms with Gasteiger partial charge in [-0.05, 0) is 52.7 Å². The normalized spacial score (nSPS) is 15.0. The van der Waals surface area contributed by atoms with E-state index in [1.54, 1.807) is 12.1 Å². The first kappa shape index (κ1) is 21.1. The second-order valence-corrected chi connectivity index (χ2v) is 10.8. The minimum atomic E-state index is -3.58. The molecule has 2 atom stereocenters. The van der Waals surface area contributed by atoms with Gasteiger partial charge in [-0.3, -0.25) is 0 Å². The van der Waals surface area contributed by atoms with Gasteiger partial charge in [0.25, 0.3) is 0 Å². The molecule has 4 nitrogen and oxygen atoms in total. The molecule has 0 bridgehead atoms. The predicted octanol–water partition coefficient (Wildman–Crippen LogP) is 4.39. The summed E-state index contributed by atoms with van der Waals surface area (Å²) in [7, 11) is -3.58. The van der Waals surface area contributed by atoms with Crippen LogP contribution in [-0.4, -0.2) is 26.2 Å². The van der Waals surface area contributed by atoms with Gasteiger partial charge in [0.15, 0.2) is 0 Å². The zero-order valence-corrected chi connectivity index (χ0v) is 17.3. The van der Waals surface area contributed by atoms with E-state index in [1.165, 1.54) is 11.3 Å². The number of thiophene rings is 1. The zero-order chi connectivity index (χ0) is 17.5. The lowest BCUT2D eigenvalue weighted by atomic mass is 9.87. The van der Waals surface area contributed by atoms with Crippen molar-refractivity contribution in [3.63, 3.8) is 0 Å². The van der Waals surface area contributed by atoms with Gasteiger partial charge in [0, 0.05) is 6.04 Å². The molecule has 0 radical (unpaired) electrons. The number of sulfonamides is 1. The molecule has 0 fully saturated rings. The lowest BCUT2D eigenvalue weighted by molar-refractivity contribution is 0.191. The third-order valence-corrected chi connectivity index (χ3v) is 7.44. The third-order valence-electron chi connectivity index (χ3n) is 3.84. The van der Waals surface area contributed by atoms with Crippen LogP contribution in [0.15, 0.2) is 20.1 Å². The Labute approximate surface area is 152 Å². The molecule has 1 heterocycles. The SMILES string of the molecule is CCCCC[C@@H](CC(C)C)[C@H](CO)NS(=O)(=O)c1ccc(Br)s1. The number of halogens is 1. The summed E-state index contributed by atoms with van der Waals surface area (Å²) in [5.74, 6) is 0.626. The van der Waals surface area contributed by atoms with Crippen molar-refractivity contribution in [1.29, 1.82) is 0 Å². The van der Waals surface area contributed by atoms with Crippen molar-refractivity contribution in [1.82, 2.24) is 4.72 Å². The van der Waals surface area contributed by atoms with Crippen molar-refractivity contribution in [2.45, 2.75) is 63.1 Å². The summed E-state index contributed by atoms with van der Waals surface area (Å²) < 4.78 is 28.8. The Hall–Kier alpha value is 0.0500. The van der Waals surface area contributed by atoms with E-state index in [0.717, 1.165) is 35.9 Å². The highest BCUT2D eigenvalue weighted by Crippen LogP contribution is 2.28. The molecule has 1 aromatic heterocycles. The fraction of sp³-hybridized carbons (Fsp3) is 0.750. The van der Waals surface area contributed by atoms with E-state index in [9.17, 15) is 13.5 Å². The van der Waals surface area contributed by atoms with Crippen molar-refractivity contribution in [2.75, 3.05) is 6.61 Å². The van der Waals surface area contributed by atoms with Crippen molar-refractivity contribution >= 4 is 37.3 Å². The summed E-state index contributed by atoms with van der Waals surface area (Å²) >= 11 is 4.47. The van der Waals surface area contributed by atoms with Gasteiger partial charge in [0.05, 0.1) is 10.4 Å². The van der Waals surface area contributed by atoms with E-state index >= 15 is 0 Å². The molecule has 0 aromatic carbocycles. The summed E-state index contributed by atoms with van der Waals surface area (Å²) in [6, 6.07) is 2.88. The number of aliphatic hydroxyl groups excluding tert-OH is 1. The minimum Gasteiger partial charge on any atom is -0.395 e. The molecule has 0 aliphatic rings. The smallest absolute Gasteiger partial charge is 0.250 e. The summed E-state index contributed by atoms with van der Waals surface area (Å²) in [6.07, 6.45) is 5.18. The molecule has 0 unspecified atom stereocenters. The fourth-order valence-electron chi connectivity index (χ4n) is 2.73. The Kier molecular flexibility index (Phi) is 9.29. The van der Waals surface area contributed by atoms with Gasteiger partial charge < -0.3 is 5.11 Å². The lowest BCUT2D eigenvalue weighted by Gasteiger charge is -2.27. The van der Waals surface area contributed by atoms with E-state index in [-0.39, 0.29) is 16.7 Å². The van der Waals surface area contributed by atoms with Crippen LogP contribution in [0.2, 0.25) is 0 Å². The molecule has 1 aromatic rings. The molecular weight excluding hydrogens is 398 g/mol. The van der Waals surface area contributed by atoms with E-state index < -0.39 is 16.1 Å². The van der Waals surface area contributed by atoms with Crippen molar-refractivity contribution in [2.24, 2.45) is 11.8 Å². The minimum absolute atomic E-state index is 0.157. The molecule has 0 aliphatic carbocycles. The quantitative estimate of drug-likeness (QED) is 0.516. The second-order valence-electron chi connectivity index (χ2n) is 6.35. The first-order valence-electron chi connectivity index (χ1n) is 8.18. The first-order chi connectivity index (χ1) is 10.8. The maximum Gasteiger partial charge on any atom is 0.250 e. The highest BCUT2D eigenvalue weighted by molar-refractivity contribution is 9.11. The lowest BCUT2D eigenvalue weighted by Crippen LogP contribution is -2.43. The molecule has 0 saturated heterocycles. The Balaban J connectivity index is 2.84. The number of rotatable bonds is 11. The highest BCUT2D eigenvalue weighted by Gasteiger charge is 2.27. The van der Waals surface area contributed by atoms with Crippen LogP contribution in [0.3, 0.4) is 0 Å². The van der Waals surface area contributed by atoms with Crippen molar-refractivity contribution < 1.29 is 13.5 Å². The predicted molar refractivity (Wildman–Crippen MR) is 100 cm³/mol. The molecule has 0 amide bonds. The third kappa shape index (κ3) is 7.22. The molecule has 0 spiro atoms. The first-order valence-corrected chi connectivity index (χ1v) is 11.3. The largest absolute Gasteiger partial charge is 0.395 e. The number of aliphatic hydroxyl groups is 1. The molecule has 23 heavy (non-hydrogen) atoms. The maximum atomic E-state index is 12.5. The Morgan fingerprint density at radius 3 is 2.48 bits per heavy atom. The number of hydrogen-bond donors (Lipinski definition) is 2.